The largest absolute Gasteiger partial charge is 0.347 e. The fraction of sp³-hybridized carbons (Fsp3) is 0.529. The summed E-state index contributed by atoms with van der Waals surface area (Å²) in [6.45, 7) is 2.01. The number of piperidine rings is 1. The van der Waals surface area contributed by atoms with Gasteiger partial charge in [0.25, 0.3) is 5.91 Å². The second-order valence-corrected chi connectivity index (χ2v) is 6.75. The number of rotatable bonds is 2. The van der Waals surface area contributed by atoms with Gasteiger partial charge in [-0.1, -0.05) is 12.1 Å². The highest BCUT2D eigenvalue weighted by molar-refractivity contribution is 5.94. The summed E-state index contributed by atoms with van der Waals surface area (Å²) in [7, 11) is 2.21. The summed E-state index contributed by atoms with van der Waals surface area (Å²) in [5.41, 5.74) is 2.90. The summed E-state index contributed by atoms with van der Waals surface area (Å²) >= 11 is 0. The Hall–Kier alpha value is -1.88. The molecule has 0 aliphatic carbocycles. The van der Waals surface area contributed by atoms with Crippen LogP contribution < -0.4 is 5.32 Å². The fourth-order valence-corrected chi connectivity index (χ4v) is 4.07. The highest BCUT2D eigenvalue weighted by atomic mass is 16.2. The molecule has 116 valence electrons. The highest BCUT2D eigenvalue weighted by Crippen LogP contribution is 2.34. The average molecular weight is 298 g/mol. The van der Waals surface area contributed by atoms with Crippen molar-refractivity contribution in [1.29, 1.82) is 0 Å². The number of carbonyl (C=O) groups excluding carboxylic acids is 1. The second kappa shape index (κ2) is 5.09. The molecule has 1 aromatic carbocycles. The first-order valence-electron chi connectivity index (χ1n) is 8.10. The lowest BCUT2D eigenvalue weighted by Crippen LogP contribution is -2.48. The number of aryl methyl sites for hydroxylation is 1. The van der Waals surface area contributed by atoms with Crippen molar-refractivity contribution < 1.29 is 4.79 Å². The van der Waals surface area contributed by atoms with Crippen molar-refractivity contribution in [2.75, 3.05) is 7.05 Å². The normalized spacial score (nSPS) is 28.2. The number of hydrogen-bond donors (Lipinski definition) is 2. The predicted molar refractivity (Wildman–Crippen MR) is 85.9 cm³/mol. The van der Waals surface area contributed by atoms with Crippen LogP contribution in [-0.4, -0.2) is 45.9 Å². The van der Waals surface area contributed by atoms with Crippen LogP contribution in [0.4, 0.5) is 0 Å². The lowest BCUT2D eigenvalue weighted by molar-refractivity contribution is 0.0873. The number of imidazole rings is 1. The predicted octanol–water partition coefficient (Wildman–Crippen LogP) is 2.23. The molecule has 1 aromatic heterocycles. The van der Waals surface area contributed by atoms with E-state index >= 15 is 0 Å². The topological polar surface area (TPSA) is 61.0 Å². The van der Waals surface area contributed by atoms with Gasteiger partial charge in [0.1, 0.15) is 0 Å². The zero-order chi connectivity index (χ0) is 15.3. The molecule has 4 rings (SSSR count). The first-order valence-corrected chi connectivity index (χ1v) is 8.10. The van der Waals surface area contributed by atoms with E-state index in [1.165, 1.54) is 12.8 Å². The molecule has 2 saturated heterocycles. The van der Waals surface area contributed by atoms with Gasteiger partial charge in [0, 0.05) is 18.1 Å². The van der Waals surface area contributed by atoms with Crippen LogP contribution in [0.25, 0.3) is 11.0 Å². The Morgan fingerprint density at radius 2 is 2.05 bits per heavy atom. The summed E-state index contributed by atoms with van der Waals surface area (Å²) in [5.74, 6) is 0.347. The number of aromatic amines is 1. The van der Waals surface area contributed by atoms with Crippen LogP contribution in [0.5, 0.6) is 0 Å². The van der Waals surface area contributed by atoms with Gasteiger partial charge in [-0.3, -0.25) is 4.79 Å². The van der Waals surface area contributed by atoms with Crippen molar-refractivity contribution in [3.63, 3.8) is 0 Å². The van der Waals surface area contributed by atoms with Crippen molar-refractivity contribution in [1.82, 2.24) is 20.2 Å². The molecule has 1 unspecified atom stereocenters. The molecule has 2 fully saturated rings. The lowest BCUT2D eigenvalue weighted by atomic mass is 9.98. The summed E-state index contributed by atoms with van der Waals surface area (Å²) in [6, 6.07) is 7.48. The Morgan fingerprint density at radius 1 is 1.32 bits per heavy atom. The van der Waals surface area contributed by atoms with E-state index in [0.717, 1.165) is 29.4 Å². The van der Waals surface area contributed by atoms with E-state index in [1.54, 1.807) is 0 Å². The number of fused-ring (bicyclic) bond motifs is 3. The molecule has 2 aliphatic heterocycles. The van der Waals surface area contributed by atoms with E-state index in [0.29, 0.717) is 17.9 Å². The third-order valence-corrected chi connectivity index (χ3v) is 5.36. The molecule has 2 bridgehead atoms. The second-order valence-electron chi connectivity index (χ2n) is 6.75. The van der Waals surface area contributed by atoms with Gasteiger partial charge in [-0.2, -0.15) is 0 Å². The van der Waals surface area contributed by atoms with E-state index in [9.17, 15) is 4.79 Å². The molecule has 5 nitrogen and oxygen atoms in total. The standard InChI is InChI=1S/C17H22N4O/c1-10-4-3-5-14-15(10)20-16(19-14)17(22)18-11-8-12-6-7-13(9-11)21(12)2/h3-5,11-13H,6-9H2,1-2H3,(H,18,22)(H,19,20)/t11?,12-,13+. The number of hydrogen-bond acceptors (Lipinski definition) is 3. The maximum absolute atomic E-state index is 12.5. The molecule has 2 aliphatic rings. The fourth-order valence-electron chi connectivity index (χ4n) is 4.07. The Balaban J connectivity index is 1.51. The number of nitrogens with one attached hydrogen (secondary N) is 2. The van der Waals surface area contributed by atoms with Gasteiger partial charge in [0.15, 0.2) is 5.82 Å². The number of H-pyrrole nitrogens is 1. The Kier molecular flexibility index (Phi) is 3.18. The van der Waals surface area contributed by atoms with Gasteiger partial charge >= 0.3 is 0 Å². The quantitative estimate of drug-likeness (QED) is 0.894. The SMILES string of the molecule is Cc1cccc2[nH]c(C(=O)NC3C[C@H]4CC[C@@H](C3)N4C)nc12. The van der Waals surface area contributed by atoms with Gasteiger partial charge in [-0.25, -0.2) is 4.98 Å². The van der Waals surface area contributed by atoms with Crippen LogP contribution in [0.15, 0.2) is 18.2 Å². The first kappa shape index (κ1) is 13.8. The summed E-state index contributed by atoms with van der Waals surface area (Å²) in [5, 5.41) is 3.18. The van der Waals surface area contributed by atoms with Crippen LogP contribution in [0.1, 0.15) is 41.9 Å². The number of carbonyl (C=O) groups is 1. The number of amides is 1. The van der Waals surface area contributed by atoms with Crippen LogP contribution in [0, 0.1) is 6.92 Å². The van der Waals surface area contributed by atoms with Gasteiger partial charge < -0.3 is 15.2 Å². The van der Waals surface area contributed by atoms with Gasteiger partial charge in [-0.05, 0) is 51.3 Å². The zero-order valence-corrected chi connectivity index (χ0v) is 13.1. The van der Waals surface area contributed by atoms with E-state index in [4.69, 9.17) is 0 Å². The Morgan fingerprint density at radius 3 is 2.73 bits per heavy atom. The molecule has 2 N–H and O–H groups in total. The maximum atomic E-state index is 12.5. The number of nitrogens with zero attached hydrogens (tertiary/aromatic N) is 2. The van der Waals surface area contributed by atoms with Gasteiger partial charge in [-0.15, -0.1) is 0 Å². The molecule has 1 amide bonds. The summed E-state index contributed by atoms with van der Waals surface area (Å²) in [4.78, 5) is 22.6. The monoisotopic (exact) mass is 298 g/mol. The van der Waals surface area contributed by atoms with E-state index < -0.39 is 0 Å². The molecule has 3 atom stereocenters. The van der Waals surface area contributed by atoms with E-state index in [1.807, 2.05) is 25.1 Å². The van der Waals surface area contributed by atoms with Crippen molar-refractivity contribution in [3.8, 4) is 0 Å². The van der Waals surface area contributed by atoms with Crippen LogP contribution in [-0.2, 0) is 0 Å². The minimum atomic E-state index is -0.0791. The third-order valence-electron chi connectivity index (χ3n) is 5.36. The van der Waals surface area contributed by atoms with Gasteiger partial charge in [0.2, 0.25) is 0 Å². The van der Waals surface area contributed by atoms with Crippen molar-refractivity contribution in [3.05, 3.63) is 29.6 Å². The first-order chi connectivity index (χ1) is 10.6. The minimum absolute atomic E-state index is 0.0791. The molecule has 22 heavy (non-hydrogen) atoms. The van der Waals surface area contributed by atoms with Crippen LogP contribution in [0.2, 0.25) is 0 Å². The number of para-hydroxylation sites is 1. The molecular formula is C17H22N4O. The minimum Gasteiger partial charge on any atom is -0.347 e. The molecule has 0 spiro atoms. The molecule has 3 heterocycles. The Bertz CT molecular complexity index is 709. The van der Waals surface area contributed by atoms with Crippen molar-refractivity contribution in [2.45, 2.75) is 50.7 Å². The van der Waals surface area contributed by atoms with Crippen LogP contribution in [0.3, 0.4) is 0 Å². The number of aromatic nitrogens is 2. The summed E-state index contributed by atoms with van der Waals surface area (Å²) < 4.78 is 0. The van der Waals surface area contributed by atoms with E-state index in [-0.39, 0.29) is 11.9 Å². The lowest BCUT2D eigenvalue weighted by Gasteiger charge is -2.36. The molecule has 0 saturated carbocycles. The Labute approximate surface area is 130 Å². The van der Waals surface area contributed by atoms with Crippen molar-refractivity contribution >= 4 is 16.9 Å². The molecule has 2 aromatic rings. The summed E-state index contributed by atoms with van der Waals surface area (Å²) in [6.07, 6.45) is 4.63. The maximum Gasteiger partial charge on any atom is 0.287 e. The van der Waals surface area contributed by atoms with Gasteiger partial charge in [0.05, 0.1) is 11.0 Å². The highest BCUT2D eigenvalue weighted by Gasteiger charge is 2.39. The van der Waals surface area contributed by atoms with Crippen LogP contribution >= 0.6 is 0 Å². The smallest absolute Gasteiger partial charge is 0.287 e. The molecule has 0 radical (unpaired) electrons. The van der Waals surface area contributed by atoms with Crippen molar-refractivity contribution in [2.24, 2.45) is 0 Å². The van der Waals surface area contributed by atoms with E-state index in [2.05, 4.69) is 27.2 Å². The molecule has 5 heteroatoms. The zero-order valence-electron chi connectivity index (χ0n) is 13.1. The average Bonchev–Trinajstić information content (AvgIpc) is 3.00. The third kappa shape index (κ3) is 2.20. The molecular weight excluding hydrogens is 276 g/mol. The number of benzene rings is 1.